The molecule has 1 amide bonds. The average Bonchev–Trinajstić information content (AvgIpc) is 2.86. The van der Waals surface area contributed by atoms with Gasteiger partial charge in [-0.2, -0.15) is 0 Å². The molecule has 9 heteroatoms. The Bertz CT molecular complexity index is 700. The van der Waals surface area contributed by atoms with Crippen LogP contribution in [0.4, 0.5) is 0 Å². The number of amides is 1. The van der Waals surface area contributed by atoms with Gasteiger partial charge < -0.3 is 15.8 Å². The van der Waals surface area contributed by atoms with Crippen molar-refractivity contribution in [2.45, 2.75) is 0 Å². The van der Waals surface area contributed by atoms with E-state index in [4.69, 9.17) is 10.5 Å². The predicted molar refractivity (Wildman–Crippen MR) is 79.2 cm³/mol. The van der Waals surface area contributed by atoms with Crippen LogP contribution in [-0.4, -0.2) is 47.0 Å². The van der Waals surface area contributed by atoms with E-state index >= 15 is 0 Å². The van der Waals surface area contributed by atoms with Gasteiger partial charge in [0, 0.05) is 18.7 Å². The van der Waals surface area contributed by atoms with Gasteiger partial charge in [-0.05, 0) is 24.3 Å². The van der Waals surface area contributed by atoms with E-state index in [1.165, 1.54) is 24.3 Å². The van der Waals surface area contributed by atoms with Gasteiger partial charge in [-0.25, -0.2) is 24.4 Å². The summed E-state index contributed by atoms with van der Waals surface area (Å²) in [5.74, 6) is -0.266. The maximum atomic E-state index is 11.9. The second-order valence-corrected chi connectivity index (χ2v) is 4.40. The number of hydrogen-bond donors (Lipinski definition) is 4. The number of nitrogens with one attached hydrogen (secondary N) is 3. The van der Waals surface area contributed by atoms with Crippen molar-refractivity contribution in [3.63, 3.8) is 0 Å². The molecule has 0 aliphatic heterocycles. The first-order chi connectivity index (χ1) is 10.6. The lowest BCUT2D eigenvalue weighted by Crippen LogP contribution is -2.28. The lowest BCUT2D eigenvalue weighted by atomic mass is 10.2. The van der Waals surface area contributed by atoms with Crippen LogP contribution in [0.5, 0.6) is 0 Å². The largest absolute Gasteiger partial charge is 0.378 e. The van der Waals surface area contributed by atoms with Gasteiger partial charge in [0.05, 0.1) is 18.9 Å². The lowest BCUT2D eigenvalue weighted by Gasteiger charge is -2.06. The first-order valence-electron chi connectivity index (χ1n) is 6.69. The van der Waals surface area contributed by atoms with Gasteiger partial charge in [-0.15, -0.1) is 0 Å². The summed E-state index contributed by atoms with van der Waals surface area (Å²) in [6, 6.07) is 6.10. The zero-order valence-corrected chi connectivity index (χ0v) is 11.8. The fraction of sp³-hybridized carbons (Fsp3) is 0.308. The molecule has 0 saturated heterocycles. The van der Waals surface area contributed by atoms with Gasteiger partial charge in [0.2, 0.25) is 0 Å². The fourth-order valence-electron chi connectivity index (χ4n) is 1.83. The Hall–Kier alpha value is -2.65. The molecule has 2 aromatic rings. The maximum absolute atomic E-state index is 11.9. The molecule has 5 N–H and O–H groups in total. The Morgan fingerprint density at radius 3 is 2.36 bits per heavy atom. The summed E-state index contributed by atoms with van der Waals surface area (Å²) < 4.78 is 6.08. The second-order valence-electron chi connectivity index (χ2n) is 4.40. The number of carbonyl (C=O) groups is 1. The van der Waals surface area contributed by atoms with Crippen LogP contribution in [0.3, 0.4) is 0 Å². The molecule has 118 valence electrons. The summed E-state index contributed by atoms with van der Waals surface area (Å²) in [5, 5.41) is 7.06. The third kappa shape index (κ3) is 3.71. The van der Waals surface area contributed by atoms with Crippen molar-refractivity contribution in [2.24, 2.45) is 5.73 Å². The van der Waals surface area contributed by atoms with Crippen molar-refractivity contribution >= 4 is 5.91 Å². The minimum absolute atomic E-state index is 0.266. The molecule has 0 fully saturated rings. The molecule has 0 aliphatic carbocycles. The summed E-state index contributed by atoms with van der Waals surface area (Å²) in [4.78, 5) is 34.8. The smallest absolute Gasteiger partial charge is 0.348 e. The van der Waals surface area contributed by atoms with Crippen LogP contribution in [0.15, 0.2) is 33.9 Å². The number of rotatable bonds is 7. The van der Waals surface area contributed by atoms with Crippen LogP contribution in [0.1, 0.15) is 10.4 Å². The van der Waals surface area contributed by atoms with Gasteiger partial charge in [-0.1, -0.05) is 0 Å². The van der Waals surface area contributed by atoms with Crippen molar-refractivity contribution in [1.29, 1.82) is 0 Å². The van der Waals surface area contributed by atoms with E-state index in [2.05, 4.69) is 15.5 Å². The van der Waals surface area contributed by atoms with E-state index < -0.39 is 11.4 Å². The fourth-order valence-corrected chi connectivity index (χ4v) is 1.83. The number of nitrogens with zero attached hydrogens (tertiary/aromatic N) is 1. The minimum Gasteiger partial charge on any atom is -0.378 e. The van der Waals surface area contributed by atoms with E-state index in [1.54, 1.807) is 0 Å². The molecule has 0 aliphatic rings. The number of H-pyrrole nitrogens is 2. The standard InChI is InChI=1S/C13H17N5O4/c14-5-7-22-8-6-15-11(19)9-1-3-10(4-2-9)18-12(20)16-17-13(18)21/h1-4H,5-8,14H2,(H,15,19)(H,16,20)(H,17,21). The molecule has 1 aromatic heterocycles. The van der Waals surface area contributed by atoms with E-state index in [-0.39, 0.29) is 5.91 Å². The number of carbonyl (C=O) groups excluding carboxylic acids is 1. The molecule has 0 unspecified atom stereocenters. The SMILES string of the molecule is NCCOCCNC(=O)c1ccc(-n2c(=O)[nH][nH]c2=O)cc1. The highest BCUT2D eigenvalue weighted by atomic mass is 16.5. The number of aromatic nitrogens is 3. The highest BCUT2D eigenvalue weighted by Gasteiger charge is 2.08. The highest BCUT2D eigenvalue weighted by Crippen LogP contribution is 2.06. The molecule has 2 rings (SSSR count). The highest BCUT2D eigenvalue weighted by molar-refractivity contribution is 5.94. The van der Waals surface area contributed by atoms with Gasteiger partial charge >= 0.3 is 11.4 Å². The molecule has 1 heterocycles. The summed E-state index contributed by atoms with van der Waals surface area (Å²) in [6.07, 6.45) is 0. The molecular formula is C13H17N5O4. The Morgan fingerprint density at radius 2 is 1.77 bits per heavy atom. The zero-order valence-electron chi connectivity index (χ0n) is 11.8. The molecule has 0 bridgehead atoms. The van der Waals surface area contributed by atoms with Crippen LogP contribution in [-0.2, 0) is 4.74 Å². The molecule has 0 spiro atoms. The maximum Gasteiger partial charge on any atom is 0.348 e. The first kappa shape index (κ1) is 15.7. The van der Waals surface area contributed by atoms with Gasteiger partial charge in [-0.3, -0.25) is 4.79 Å². The number of benzene rings is 1. The Balaban J connectivity index is 1.99. The number of hydrogen-bond acceptors (Lipinski definition) is 5. The number of aromatic amines is 2. The summed E-state index contributed by atoms with van der Waals surface area (Å²) >= 11 is 0. The monoisotopic (exact) mass is 307 g/mol. The van der Waals surface area contributed by atoms with Gasteiger partial charge in [0.1, 0.15) is 0 Å². The van der Waals surface area contributed by atoms with Crippen LogP contribution in [0.2, 0.25) is 0 Å². The minimum atomic E-state index is -0.570. The van der Waals surface area contributed by atoms with Crippen molar-refractivity contribution in [3.05, 3.63) is 50.8 Å². The third-order valence-corrected chi connectivity index (χ3v) is 2.86. The number of ether oxygens (including phenoxy) is 1. The Labute approximate surface area is 125 Å². The predicted octanol–water partition coefficient (Wildman–Crippen LogP) is -1.44. The molecule has 0 radical (unpaired) electrons. The summed E-state index contributed by atoms with van der Waals surface area (Å²) in [5.41, 5.74) is 4.92. The number of nitrogens with two attached hydrogens (primary N) is 1. The van der Waals surface area contributed by atoms with Crippen LogP contribution in [0.25, 0.3) is 5.69 Å². The van der Waals surface area contributed by atoms with Crippen LogP contribution in [0, 0.1) is 0 Å². The molecular weight excluding hydrogens is 290 g/mol. The summed E-state index contributed by atoms with van der Waals surface area (Å²) in [7, 11) is 0. The third-order valence-electron chi connectivity index (χ3n) is 2.86. The first-order valence-corrected chi connectivity index (χ1v) is 6.69. The average molecular weight is 307 g/mol. The molecule has 0 atom stereocenters. The lowest BCUT2D eigenvalue weighted by molar-refractivity contribution is 0.0920. The van der Waals surface area contributed by atoms with Crippen LogP contribution >= 0.6 is 0 Å². The topological polar surface area (TPSA) is 135 Å². The molecule has 1 aromatic carbocycles. The molecule has 0 saturated carbocycles. The van der Waals surface area contributed by atoms with E-state index in [9.17, 15) is 14.4 Å². The normalized spacial score (nSPS) is 10.6. The zero-order chi connectivity index (χ0) is 15.9. The van der Waals surface area contributed by atoms with Crippen LogP contribution < -0.4 is 22.4 Å². The van der Waals surface area contributed by atoms with E-state index in [0.717, 1.165) is 4.57 Å². The quantitative estimate of drug-likeness (QED) is 0.465. The van der Waals surface area contributed by atoms with E-state index in [0.29, 0.717) is 37.6 Å². The second kappa shape index (κ2) is 7.38. The van der Waals surface area contributed by atoms with Crippen molar-refractivity contribution in [3.8, 4) is 5.69 Å². The Morgan fingerprint density at radius 1 is 1.14 bits per heavy atom. The van der Waals surface area contributed by atoms with Crippen molar-refractivity contribution in [1.82, 2.24) is 20.1 Å². The Kier molecular flexibility index (Phi) is 5.28. The van der Waals surface area contributed by atoms with Crippen molar-refractivity contribution in [2.75, 3.05) is 26.3 Å². The van der Waals surface area contributed by atoms with E-state index in [1.807, 2.05) is 0 Å². The molecule has 9 nitrogen and oxygen atoms in total. The van der Waals surface area contributed by atoms with Gasteiger partial charge in [0.15, 0.2) is 0 Å². The molecule has 22 heavy (non-hydrogen) atoms. The van der Waals surface area contributed by atoms with Crippen molar-refractivity contribution < 1.29 is 9.53 Å². The van der Waals surface area contributed by atoms with Gasteiger partial charge in [0.25, 0.3) is 5.91 Å². The summed E-state index contributed by atoms with van der Waals surface area (Å²) in [6.45, 7) is 1.64.